The molecular formula is C16H20BrN5OS. The molecule has 128 valence electrons. The molecule has 8 heteroatoms. The van der Waals surface area contributed by atoms with Crippen LogP contribution in [0.5, 0.6) is 0 Å². The molecule has 1 aliphatic rings. The zero-order valence-electron chi connectivity index (χ0n) is 13.5. The van der Waals surface area contributed by atoms with Crippen LogP contribution >= 0.6 is 27.7 Å². The van der Waals surface area contributed by atoms with Crippen LogP contribution in [-0.2, 0) is 11.8 Å². The molecule has 1 amide bonds. The van der Waals surface area contributed by atoms with Gasteiger partial charge in [-0.25, -0.2) is 4.98 Å². The Morgan fingerprint density at radius 1 is 1.33 bits per heavy atom. The number of nitrogens with zero attached hydrogens (tertiary/aromatic N) is 4. The quantitative estimate of drug-likeness (QED) is 0.761. The van der Waals surface area contributed by atoms with Crippen molar-refractivity contribution in [3.63, 3.8) is 0 Å². The molecular weight excluding hydrogens is 390 g/mol. The molecule has 1 saturated carbocycles. The van der Waals surface area contributed by atoms with Gasteiger partial charge in [0.1, 0.15) is 11.6 Å². The molecule has 0 radical (unpaired) electrons. The van der Waals surface area contributed by atoms with Crippen LogP contribution in [0.15, 0.2) is 28.0 Å². The van der Waals surface area contributed by atoms with E-state index in [1.54, 1.807) is 12.3 Å². The average Bonchev–Trinajstić information content (AvgIpc) is 2.97. The third-order valence-corrected chi connectivity index (χ3v) is 5.66. The minimum absolute atomic E-state index is 0.1000. The van der Waals surface area contributed by atoms with Gasteiger partial charge in [-0.15, -0.1) is 10.2 Å². The molecule has 3 rings (SSSR count). The van der Waals surface area contributed by atoms with Crippen molar-refractivity contribution < 1.29 is 4.79 Å². The van der Waals surface area contributed by atoms with Gasteiger partial charge in [-0.2, -0.15) is 0 Å². The predicted octanol–water partition coefficient (Wildman–Crippen LogP) is 3.75. The van der Waals surface area contributed by atoms with E-state index in [-0.39, 0.29) is 11.7 Å². The lowest BCUT2D eigenvalue weighted by Gasteiger charge is -2.20. The zero-order chi connectivity index (χ0) is 16.9. The van der Waals surface area contributed by atoms with Gasteiger partial charge >= 0.3 is 0 Å². The Bertz CT molecular complexity index is 697. The zero-order valence-corrected chi connectivity index (χ0v) is 15.9. The fraction of sp³-hybridized carbons (Fsp3) is 0.500. The van der Waals surface area contributed by atoms with Crippen molar-refractivity contribution in [2.24, 2.45) is 7.05 Å². The van der Waals surface area contributed by atoms with Crippen LogP contribution in [0.3, 0.4) is 0 Å². The molecule has 0 aliphatic heterocycles. The summed E-state index contributed by atoms with van der Waals surface area (Å²) < 4.78 is 2.91. The minimum Gasteiger partial charge on any atom is -0.310 e. The maximum Gasteiger partial charge on any atom is 0.236 e. The van der Waals surface area contributed by atoms with Gasteiger partial charge in [0.2, 0.25) is 5.91 Å². The molecule has 0 saturated heterocycles. The van der Waals surface area contributed by atoms with E-state index in [9.17, 15) is 4.79 Å². The molecule has 0 unspecified atom stereocenters. The van der Waals surface area contributed by atoms with Crippen LogP contribution in [0.2, 0.25) is 0 Å². The Morgan fingerprint density at radius 2 is 2.12 bits per heavy atom. The van der Waals surface area contributed by atoms with Gasteiger partial charge in [-0.3, -0.25) is 4.79 Å². The smallest absolute Gasteiger partial charge is 0.236 e. The number of carbonyl (C=O) groups excluding carboxylic acids is 1. The highest BCUT2D eigenvalue weighted by molar-refractivity contribution is 9.10. The summed E-state index contributed by atoms with van der Waals surface area (Å²) in [7, 11) is 1.99. The number of pyridine rings is 1. The number of aromatic nitrogens is 4. The summed E-state index contributed by atoms with van der Waals surface area (Å²) in [5.41, 5.74) is 0. The summed E-state index contributed by atoms with van der Waals surface area (Å²) in [6, 6.07) is 3.60. The number of rotatable bonds is 5. The first-order valence-electron chi connectivity index (χ1n) is 8.07. The predicted molar refractivity (Wildman–Crippen MR) is 98.1 cm³/mol. The molecule has 2 aromatic heterocycles. The molecule has 1 aliphatic carbocycles. The highest BCUT2D eigenvalue weighted by atomic mass is 79.9. The van der Waals surface area contributed by atoms with E-state index >= 15 is 0 Å². The van der Waals surface area contributed by atoms with E-state index in [4.69, 9.17) is 0 Å². The van der Waals surface area contributed by atoms with Crippen LogP contribution in [0, 0.1) is 0 Å². The van der Waals surface area contributed by atoms with Crippen molar-refractivity contribution in [3.05, 3.63) is 28.6 Å². The van der Waals surface area contributed by atoms with E-state index in [1.165, 1.54) is 43.9 Å². The van der Waals surface area contributed by atoms with Gasteiger partial charge in [0.05, 0.1) is 5.75 Å². The first kappa shape index (κ1) is 17.4. The summed E-state index contributed by atoms with van der Waals surface area (Å²) >= 11 is 4.72. The van der Waals surface area contributed by atoms with E-state index in [1.807, 2.05) is 17.7 Å². The molecule has 0 aromatic carbocycles. The second-order valence-corrected chi connectivity index (χ2v) is 7.79. The second-order valence-electron chi connectivity index (χ2n) is 5.93. The Labute approximate surface area is 154 Å². The number of nitrogens with one attached hydrogen (secondary N) is 1. The van der Waals surface area contributed by atoms with Crippen molar-refractivity contribution in [1.29, 1.82) is 0 Å². The number of amides is 1. The fourth-order valence-corrected chi connectivity index (χ4v) is 3.88. The normalized spacial score (nSPS) is 15.4. The standard InChI is InChI=1S/C16H20BrN5OS/c1-22-15(11-5-3-2-4-6-11)20-21-16(22)24-10-14(23)19-13-8-7-12(17)9-18-13/h7-9,11H,2-6,10H2,1H3,(H,18,19,23). The number of halogens is 1. The van der Waals surface area contributed by atoms with Crippen LogP contribution in [0.1, 0.15) is 43.8 Å². The molecule has 2 heterocycles. The van der Waals surface area contributed by atoms with Crippen molar-refractivity contribution in [2.75, 3.05) is 11.1 Å². The number of hydrogen-bond donors (Lipinski definition) is 1. The van der Waals surface area contributed by atoms with Gasteiger partial charge in [-0.1, -0.05) is 31.0 Å². The molecule has 24 heavy (non-hydrogen) atoms. The second kappa shape index (κ2) is 8.11. The maximum atomic E-state index is 12.0. The van der Waals surface area contributed by atoms with Gasteiger partial charge in [-0.05, 0) is 40.9 Å². The van der Waals surface area contributed by atoms with Crippen molar-refractivity contribution >= 4 is 39.4 Å². The van der Waals surface area contributed by atoms with Crippen LogP contribution < -0.4 is 5.32 Å². The molecule has 0 bridgehead atoms. The van der Waals surface area contributed by atoms with Crippen molar-refractivity contribution in [1.82, 2.24) is 19.7 Å². The first-order chi connectivity index (χ1) is 11.6. The molecule has 6 nitrogen and oxygen atoms in total. The fourth-order valence-electron chi connectivity index (χ4n) is 2.93. The highest BCUT2D eigenvalue weighted by Crippen LogP contribution is 2.32. The number of carbonyl (C=O) groups is 1. The van der Waals surface area contributed by atoms with Gasteiger partial charge in [0.15, 0.2) is 5.16 Å². The van der Waals surface area contributed by atoms with Crippen LogP contribution in [0.4, 0.5) is 5.82 Å². The number of anilines is 1. The Balaban J connectivity index is 1.55. The van der Waals surface area contributed by atoms with Gasteiger partial charge in [0, 0.05) is 23.6 Å². The van der Waals surface area contributed by atoms with Crippen molar-refractivity contribution in [2.45, 2.75) is 43.2 Å². The first-order valence-corrected chi connectivity index (χ1v) is 9.85. The lowest BCUT2D eigenvalue weighted by atomic mass is 9.89. The van der Waals surface area contributed by atoms with Crippen LogP contribution in [0.25, 0.3) is 0 Å². The SMILES string of the molecule is Cn1c(SCC(=O)Nc2ccc(Br)cn2)nnc1C1CCCCC1. The minimum atomic E-state index is -0.1000. The summed E-state index contributed by atoms with van der Waals surface area (Å²) in [4.78, 5) is 16.2. The van der Waals surface area contributed by atoms with E-state index < -0.39 is 0 Å². The largest absolute Gasteiger partial charge is 0.310 e. The van der Waals surface area contributed by atoms with Crippen molar-refractivity contribution in [3.8, 4) is 0 Å². The lowest BCUT2D eigenvalue weighted by Crippen LogP contribution is -2.15. The molecule has 0 atom stereocenters. The summed E-state index contributed by atoms with van der Waals surface area (Å²) in [6.45, 7) is 0. The van der Waals surface area contributed by atoms with Gasteiger partial charge in [0.25, 0.3) is 0 Å². The monoisotopic (exact) mass is 409 g/mol. The third kappa shape index (κ3) is 4.36. The van der Waals surface area contributed by atoms with E-state index in [2.05, 4.69) is 36.4 Å². The van der Waals surface area contributed by atoms with Crippen LogP contribution in [-0.4, -0.2) is 31.4 Å². The van der Waals surface area contributed by atoms with E-state index in [0.29, 0.717) is 11.7 Å². The molecule has 0 spiro atoms. The summed E-state index contributed by atoms with van der Waals surface area (Å²) in [6.07, 6.45) is 7.88. The average molecular weight is 410 g/mol. The Morgan fingerprint density at radius 3 is 2.83 bits per heavy atom. The maximum absolute atomic E-state index is 12.0. The highest BCUT2D eigenvalue weighted by Gasteiger charge is 2.22. The molecule has 1 N–H and O–H groups in total. The summed E-state index contributed by atoms with van der Waals surface area (Å²) in [5, 5.41) is 12.2. The lowest BCUT2D eigenvalue weighted by molar-refractivity contribution is -0.113. The Hall–Kier alpha value is -1.41. The van der Waals surface area contributed by atoms with Gasteiger partial charge < -0.3 is 9.88 Å². The number of hydrogen-bond acceptors (Lipinski definition) is 5. The topological polar surface area (TPSA) is 72.7 Å². The van der Waals surface area contributed by atoms with E-state index in [0.717, 1.165) is 15.5 Å². The summed E-state index contributed by atoms with van der Waals surface area (Å²) in [5.74, 6) is 2.29. The third-order valence-electron chi connectivity index (χ3n) is 4.17. The molecule has 2 aromatic rings. The Kier molecular flexibility index (Phi) is 5.89. The molecule has 1 fully saturated rings. The number of thioether (sulfide) groups is 1.